The van der Waals surface area contributed by atoms with Crippen LogP contribution in [0.5, 0.6) is 0 Å². The highest BCUT2D eigenvalue weighted by molar-refractivity contribution is 6.31. The Balaban J connectivity index is 2.03. The zero-order chi connectivity index (χ0) is 13.8. The molecule has 0 spiro atoms. The molecule has 1 saturated heterocycles. The van der Waals surface area contributed by atoms with Crippen LogP contribution in [0, 0.1) is 5.82 Å². The van der Waals surface area contributed by atoms with Gasteiger partial charge < -0.3 is 15.3 Å². The average Bonchev–Trinajstić information content (AvgIpc) is 2.39. The van der Waals surface area contributed by atoms with Gasteiger partial charge in [-0.3, -0.25) is 4.79 Å². The van der Waals surface area contributed by atoms with Crippen molar-refractivity contribution in [2.45, 2.75) is 18.9 Å². The first kappa shape index (κ1) is 13.3. The number of aliphatic carboxylic acids is 1. The summed E-state index contributed by atoms with van der Waals surface area (Å²) in [6.07, 6.45) is 1.48. The third-order valence-corrected chi connectivity index (χ3v) is 3.14. The minimum atomic E-state index is -1.50. The molecule has 2 rings (SSSR count). The minimum absolute atomic E-state index is 0.267. The molecule has 1 fully saturated rings. The van der Waals surface area contributed by atoms with Crippen LogP contribution in [0.15, 0.2) is 24.3 Å². The van der Waals surface area contributed by atoms with E-state index in [2.05, 4.69) is 5.32 Å². The number of benzene rings is 1. The summed E-state index contributed by atoms with van der Waals surface area (Å²) in [5.41, 5.74) is 0.483. The Morgan fingerprint density at radius 1 is 1.37 bits per heavy atom. The van der Waals surface area contributed by atoms with Crippen molar-refractivity contribution in [3.8, 4) is 0 Å². The Labute approximate surface area is 110 Å². The summed E-state index contributed by atoms with van der Waals surface area (Å²) in [4.78, 5) is 23.4. The number of nitrogens with zero attached hydrogens (tertiary/aromatic N) is 1. The van der Waals surface area contributed by atoms with Crippen molar-refractivity contribution in [3.05, 3.63) is 30.1 Å². The van der Waals surface area contributed by atoms with Gasteiger partial charge in [0.15, 0.2) is 0 Å². The molecule has 1 aliphatic heterocycles. The first-order valence-corrected chi connectivity index (χ1v) is 6.11. The SMILES string of the molecule is O=C(O)C(=O)NC1CCCN(c2ccccc2F)C1. The number of carboxylic acid groups (broad SMARTS) is 1. The van der Waals surface area contributed by atoms with E-state index in [1.54, 1.807) is 18.2 Å². The molecular weight excluding hydrogens is 251 g/mol. The van der Waals surface area contributed by atoms with Gasteiger partial charge in [0.05, 0.1) is 5.69 Å². The Morgan fingerprint density at radius 3 is 2.79 bits per heavy atom. The molecule has 1 atom stereocenters. The lowest BCUT2D eigenvalue weighted by Gasteiger charge is -2.34. The molecule has 0 aliphatic carbocycles. The Kier molecular flexibility index (Phi) is 3.99. The number of hydrogen-bond acceptors (Lipinski definition) is 3. The monoisotopic (exact) mass is 266 g/mol. The lowest BCUT2D eigenvalue weighted by Crippen LogP contribution is -2.49. The number of para-hydroxylation sites is 1. The fourth-order valence-corrected chi connectivity index (χ4v) is 2.27. The topological polar surface area (TPSA) is 69.6 Å². The van der Waals surface area contributed by atoms with Crippen molar-refractivity contribution in [1.29, 1.82) is 0 Å². The van der Waals surface area contributed by atoms with Gasteiger partial charge >= 0.3 is 11.9 Å². The maximum absolute atomic E-state index is 13.7. The van der Waals surface area contributed by atoms with Crippen molar-refractivity contribution in [1.82, 2.24) is 5.32 Å². The molecule has 1 aromatic rings. The summed E-state index contributed by atoms with van der Waals surface area (Å²) in [6.45, 7) is 1.11. The molecule has 1 heterocycles. The summed E-state index contributed by atoms with van der Waals surface area (Å²) in [6, 6.07) is 6.16. The van der Waals surface area contributed by atoms with Crippen molar-refractivity contribution < 1.29 is 19.1 Å². The molecule has 6 heteroatoms. The molecule has 102 valence electrons. The van der Waals surface area contributed by atoms with Crippen molar-refractivity contribution in [2.24, 2.45) is 0 Å². The summed E-state index contributed by atoms with van der Waals surface area (Å²) >= 11 is 0. The number of anilines is 1. The van der Waals surface area contributed by atoms with Gasteiger partial charge in [0.25, 0.3) is 0 Å². The molecule has 1 amide bonds. The second-order valence-corrected chi connectivity index (χ2v) is 4.52. The Bertz CT molecular complexity index is 493. The smallest absolute Gasteiger partial charge is 0.394 e. The Hall–Kier alpha value is -2.11. The molecule has 0 radical (unpaired) electrons. The molecule has 1 aromatic carbocycles. The van der Waals surface area contributed by atoms with Gasteiger partial charge in [-0.05, 0) is 25.0 Å². The Morgan fingerprint density at radius 2 is 2.11 bits per heavy atom. The first-order chi connectivity index (χ1) is 9.08. The third kappa shape index (κ3) is 3.21. The summed E-state index contributed by atoms with van der Waals surface area (Å²) in [7, 11) is 0. The van der Waals surface area contributed by atoms with E-state index in [4.69, 9.17) is 5.11 Å². The van der Waals surface area contributed by atoms with E-state index in [0.717, 1.165) is 6.42 Å². The van der Waals surface area contributed by atoms with Crippen LogP contribution in [0.1, 0.15) is 12.8 Å². The molecular formula is C13H15FN2O3. The molecule has 1 unspecified atom stereocenters. The van der Waals surface area contributed by atoms with Gasteiger partial charge in [-0.15, -0.1) is 0 Å². The maximum atomic E-state index is 13.7. The third-order valence-electron chi connectivity index (χ3n) is 3.14. The summed E-state index contributed by atoms with van der Waals surface area (Å²) in [5, 5.41) is 11.0. The first-order valence-electron chi connectivity index (χ1n) is 6.11. The molecule has 0 aromatic heterocycles. The number of carboxylic acids is 1. The van der Waals surface area contributed by atoms with Crippen LogP contribution < -0.4 is 10.2 Å². The van der Waals surface area contributed by atoms with Crippen LogP contribution in [0.3, 0.4) is 0 Å². The predicted octanol–water partition coefficient (Wildman–Crippen LogP) is 0.995. The molecule has 2 N–H and O–H groups in total. The maximum Gasteiger partial charge on any atom is 0.394 e. The normalized spacial score (nSPS) is 19.0. The van der Waals surface area contributed by atoms with Crippen molar-refractivity contribution in [3.63, 3.8) is 0 Å². The van der Waals surface area contributed by atoms with E-state index in [0.29, 0.717) is 25.2 Å². The number of nitrogens with one attached hydrogen (secondary N) is 1. The van der Waals surface area contributed by atoms with Crippen LogP contribution in [-0.2, 0) is 9.59 Å². The minimum Gasteiger partial charge on any atom is -0.474 e. The van der Waals surface area contributed by atoms with Gasteiger partial charge in [-0.2, -0.15) is 0 Å². The molecule has 1 aliphatic rings. The fraction of sp³-hybridized carbons (Fsp3) is 0.385. The van der Waals surface area contributed by atoms with Gasteiger partial charge in [-0.25, -0.2) is 9.18 Å². The fourth-order valence-electron chi connectivity index (χ4n) is 2.27. The van der Waals surface area contributed by atoms with Gasteiger partial charge in [0.1, 0.15) is 5.82 Å². The quantitative estimate of drug-likeness (QED) is 0.783. The van der Waals surface area contributed by atoms with Gasteiger partial charge in [-0.1, -0.05) is 12.1 Å². The summed E-state index contributed by atoms with van der Waals surface area (Å²) < 4.78 is 13.7. The number of hydrogen-bond donors (Lipinski definition) is 2. The molecule has 0 saturated carbocycles. The van der Waals surface area contributed by atoms with Crippen LogP contribution in [0.4, 0.5) is 10.1 Å². The summed E-state index contributed by atoms with van der Waals surface area (Å²) in [5.74, 6) is -2.82. The molecule has 0 bridgehead atoms. The number of halogens is 1. The van der Waals surface area contributed by atoms with Gasteiger partial charge in [0, 0.05) is 19.1 Å². The van der Waals surface area contributed by atoms with E-state index < -0.39 is 11.9 Å². The highest BCUT2D eigenvalue weighted by atomic mass is 19.1. The van der Waals surface area contributed by atoms with Gasteiger partial charge in [0.2, 0.25) is 0 Å². The van der Waals surface area contributed by atoms with Crippen molar-refractivity contribution >= 4 is 17.6 Å². The van der Waals surface area contributed by atoms with Crippen molar-refractivity contribution in [2.75, 3.05) is 18.0 Å². The second kappa shape index (κ2) is 5.69. The van der Waals surface area contributed by atoms with E-state index in [9.17, 15) is 14.0 Å². The van der Waals surface area contributed by atoms with Crippen LogP contribution in [-0.4, -0.2) is 36.1 Å². The predicted molar refractivity (Wildman–Crippen MR) is 67.4 cm³/mol. The second-order valence-electron chi connectivity index (χ2n) is 4.52. The average molecular weight is 266 g/mol. The lowest BCUT2D eigenvalue weighted by molar-refractivity contribution is -0.150. The largest absolute Gasteiger partial charge is 0.474 e. The van der Waals surface area contributed by atoms with E-state index in [1.165, 1.54) is 6.07 Å². The van der Waals surface area contributed by atoms with E-state index in [-0.39, 0.29) is 11.9 Å². The zero-order valence-electron chi connectivity index (χ0n) is 10.3. The standard InChI is InChI=1S/C13H15FN2O3/c14-10-5-1-2-6-11(10)16-7-3-4-9(8-16)15-12(17)13(18)19/h1-2,5-6,9H,3-4,7-8H2,(H,15,17)(H,18,19). The van der Waals surface area contributed by atoms with Crippen LogP contribution >= 0.6 is 0 Å². The zero-order valence-corrected chi connectivity index (χ0v) is 10.3. The highest BCUT2D eigenvalue weighted by Gasteiger charge is 2.24. The molecule has 5 nitrogen and oxygen atoms in total. The van der Waals surface area contributed by atoms with Crippen LogP contribution in [0.2, 0.25) is 0 Å². The van der Waals surface area contributed by atoms with E-state index in [1.807, 2.05) is 4.90 Å². The highest BCUT2D eigenvalue weighted by Crippen LogP contribution is 2.22. The molecule has 19 heavy (non-hydrogen) atoms. The number of piperidine rings is 1. The van der Waals surface area contributed by atoms with E-state index >= 15 is 0 Å². The number of carbonyl (C=O) groups is 2. The number of amides is 1. The number of rotatable bonds is 2. The van der Waals surface area contributed by atoms with Crippen LogP contribution in [0.25, 0.3) is 0 Å². The lowest BCUT2D eigenvalue weighted by atomic mass is 10.0. The number of carbonyl (C=O) groups excluding carboxylic acids is 1.